The molecule has 0 saturated heterocycles. The predicted octanol–water partition coefficient (Wildman–Crippen LogP) is -1.05. The molecule has 0 aromatic rings. The summed E-state index contributed by atoms with van der Waals surface area (Å²) in [5, 5.41) is -0.775. The van der Waals surface area contributed by atoms with Crippen LogP contribution in [0.15, 0.2) is 4.99 Å². The zero-order valence-electron chi connectivity index (χ0n) is 5.39. The van der Waals surface area contributed by atoms with E-state index in [0.717, 1.165) is 0 Å². The minimum Gasteiger partial charge on any atom is -0.461 e. The van der Waals surface area contributed by atoms with Gasteiger partial charge in [0.05, 0.1) is 0 Å². The smallest absolute Gasteiger partial charge is 0.327 e. The van der Waals surface area contributed by atoms with Crippen LogP contribution in [-0.2, 0) is 24.1 Å². The SMILES string of the molecule is O=S(=O)=C1COC(S(=O)(=O)Cl)=N1. The van der Waals surface area contributed by atoms with E-state index in [0.29, 0.717) is 0 Å². The predicted molar refractivity (Wildman–Crippen MR) is 42.1 cm³/mol. The van der Waals surface area contributed by atoms with Gasteiger partial charge in [-0.05, 0) is 0 Å². The minimum atomic E-state index is -4.06. The van der Waals surface area contributed by atoms with Crippen LogP contribution in [0.2, 0.25) is 0 Å². The molecular weight excluding hydrogens is 230 g/mol. The van der Waals surface area contributed by atoms with E-state index in [2.05, 4.69) is 9.73 Å². The Morgan fingerprint density at radius 2 is 2.08 bits per heavy atom. The van der Waals surface area contributed by atoms with Gasteiger partial charge in [0, 0.05) is 10.7 Å². The van der Waals surface area contributed by atoms with Gasteiger partial charge in [-0.15, -0.1) is 0 Å². The third kappa shape index (κ3) is 1.96. The highest BCUT2D eigenvalue weighted by atomic mass is 35.7. The normalized spacial score (nSPS) is 17.1. The molecule has 0 radical (unpaired) electrons. The molecular formula is C3H2ClNO5S2. The first kappa shape index (κ1) is 9.49. The number of rotatable bonds is 0. The van der Waals surface area contributed by atoms with E-state index in [1.54, 1.807) is 0 Å². The van der Waals surface area contributed by atoms with Gasteiger partial charge < -0.3 is 4.74 Å². The van der Waals surface area contributed by atoms with Crippen molar-refractivity contribution >= 4 is 40.2 Å². The van der Waals surface area contributed by atoms with Gasteiger partial charge in [0.2, 0.25) is 15.3 Å². The molecule has 0 aliphatic carbocycles. The highest BCUT2D eigenvalue weighted by Gasteiger charge is 2.25. The molecule has 0 aromatic carbocycles. The lowest BCUT2D eigenvalue weighted by Crippen LogP contribution is -2.07. The number of hydrogen-bond donors (Lipinski definition) is 0. The summed E-state index contributed by atoms with van der Waals surface area (Å²) >= 11 is 0. The zero-order chi connectivity index (χ0) is 9.35. The summed E-state index contributed by atoms with van der Waals surface area (Å²) in [5.41, 5.74) is 0. The molecule has 0 amide bonds. The van der Waals surface area contributed by atoms with Crippen molar-refractivity contribution in [3.8, 4) is 0 Å². The fourth-order valence-electron chi connectivity index (χ4n) is 0.500. The fourth-order valence-corrected chi connectivity index (χ4v) is 1.53. The molecule has 0 atom stereocenters. The quantitative estimate of drug-likeness (QED) is 0.392. The van der Waals surface area contributed by atoms with Crippen molar-refractivity contribution in [3.63, 3.8) is 0 Å². The summed E-state index contributed by atoms with van der Waals surface area (Å²) in [5.74, 6) is 0. The highest BCUT2D eigenvalue weighted by molar-refractivity contribution is 8.25. The lowest BCUT2D eigenvalue weighted by molar-refractivity contribution is 0.388. The number of halogens is 1. The molecule has 68 valence electrons. The van der Waals surface area contributed by atoms with Crippen LogP contribution in [0.5, 0.6) is 0 Å². The van der Waals surface area contributed by atoms with Crippen LogP contribution in [-0.4, -0.2) is 33.7 Å². The van der Waals surface area contributed by atoms with E-state index in [1.165, 1.54) is 0 Å². The first-order chi connectivity index (χ1) is 5.41. The summed E-state index contributed by atoms with van der Waals surface area (Å²) in [6.45, 7) is -0.391. The molecule has 12 heavy (non-hydrogen) atoms. The zero-order valence-corrected chi connectivity index (χ0v) is 7.78. The maximum Gasteiger partial charge on any atom is 0.327 e. The van der Waals surface area contributed by atoms with Gasteiger partial charge in [-0.1, -0.05) is 0 Å². The Kier molecular flexibility index (Phi) is 2.40. The highest BCUT2D eigenvalue weighted by Crippen LogP contribution is 2.07. The first-order valence-electron chi connectivity index (χ1n) is 2.52. The Morgan fingerprint density at radius 1 is 1.50 bits per heavy atom. The third-order valence-electron chi connectivity index (χ3n) is 0.936. The molecule has 9 heteroatoms. The molecule has 0 aromatic heterocycles. The Balaban J connectivity index is 3.21. The monoisotopic (exact) mass is 231 g/mol. The van der Waals surface area contributed by atoms with Crippen molar-refractivity contribution in [2.45, 2.75) is 0 Å². The number of hydrogen-bond acceptors (Lipinski definition) is 5. The molecule has 0 unspecified atom stereocenters. The molecule has 0 fully saturated rings. The minimum absolute atomic E-state index is 0.380. The van der Waals surface area contributed by atoms with E-state index in [1.807, 2.05) is 0 Å². The lowest BCUT2D eigenvalue weighted by Gasteiger charge is -1.91. The number of nitrogens with zero attached hydrogens (tertiary/aromatic N) is 1. The van der Waals surface area contributed by atoms with Crippen LogP contribution >= 0.6 is 10.7 Å². The molecule has 0 spiro atoms. The second-order valence-corrected chi connectivity index (χ2v) is 5.12. The van der Waals surface area contributed by atoms with Crippen molar-refractivity contribution < 1.29 is 21.6 Å². The van der Waals surface area contributed by atoms with Gasteiger partial charge in [-0.2, -0.15) is 13.4 Å². The fraction of sp³-hybridized carbons (Fsp3) is 0.333. The Morgan fingerprint density at radius 3 is 2.33 bits per heavy atom. The maximum atomic E-state index is 10.5. The van der Waals surface area contributed by atoms with E-state index in [4.69, 9.17) is 10.7 Å². The van der Waals surface area contributed by atoms with Crippen LogP contribution in [0.25, 0.3) is 0 Å². The van der Waals surface area contributed by atoms with Gasteiger partial charge >= 0.3 is 14.3 Å². The van der Waals surface area contributed by atoms with Gasteiger partial charge in [0.1, 0.15) is 6.61 Å². The van der Waals surface area contributed by atoms with Crippen molar-refractivity contribution in [1.82, 2.24) is 0 Å². The van der Waals surface area contributed by atoms with Gasteiger partial charge in [-0.3, -0.25) is 0 Å². The Labute approximate surface area is 73.8 Å². The second-order valence-electron chi connectivity index (χ2n) is 1.73. The van der Waals surface area contributed by atoms with Crippen LogP contribution < -0.4 is 0 Å². The topological polar surface area (TPSA) is 89.9 Å². The summed E-state index contributed by atoms with van der Waals surface area (Å²) < 4.78 is 45.8. The van der Waals surface area contributed by atoms with Crippen LogP contribution in [0.3, 0.4) is 0 Å². The van der Waals surface area contributed by atoms with Crippen molar-refractivity contribution in [3.05, 3.63) is 0 Å². The van der Waals surface area contributed by atoms with Crippen molar-refractivity contribution in [1.29, 1.82) is 0 Å². The van der Waals surface area contributed by atoms with Gasteiger partial charge in [0.15, 0.2) is 0 Å². The molecule has 1 heterocycles. The summed E-state index contributed by atoms with van der Waals surface area (Å²) in [4.78, 5) is 2.76. The van der Waals surface area contributed by atoms with E-state index >= 15 is 0 Å². The molecule has 6 nitrogen and oxygen atoms in total. The molecule has 1 aliphatic rings. The Hall–Kier alpha value is -0.600. The van der Waals surface area contributed by atoms with Gasteiger partial charge in [-0.25, -0.2) is 8.42 Å². The molecule has 0 saturated carbocycles. The first-order valence-corrected chi connectivity index (χ1v) is 5.91. The van der Waals surface area contributed by atoms with Gasteiger partial charge in [0.25, 0.3) is 0 Å². The summed E-state index contributed by atoms with van der Waals surface area (Å²) in [7, 11) is -1.82. The Bertz CT molecular complexity index is 449. The molecule has 0 bridgehead atoms. The maximum absolute atomic E-state index is 10.5. The van der Waals surface area contributed by atoms with Crippen LogP contribution in [0.1, 0.15) is 0 Å². The summed E-state index contributed by atoms with van der Waals surface area (Å²) in [6.07, 6.45) is 0. The molecule has 1 rings (SSSR count). The van der Waals surface area contributed by atoms with E-state index in [-0.39, 0.29) is 4.99 Å². The van der Waals surface area contributed by atoms with E-state index in [9.17, 15) is 16.8 Å². The second kappa shape index (κ2) is 3.04. The molecule has 0 N–H and O–H groups in total. The third-order valence-corrected chi connectivity index (χ3v) is 2.55. The van der Waals surface area contributed by atoms with Crippen LogP contribution in [0, 0.1) is 0 Å². The van der Waals surface area contributed by atoms with Crippen LogP contribution in [0.4, 0.5) is 0 Å². The molecule has 1 aliphatic heterocycles. The van der Waals surface area contributed by atoms with Crippen molar-refractivity contribution in [2.75, 3.05) is 6.61 Å². The number of aliphatic imine (C=N–C) groups is 1. The van der Waals surface area contributed by atoms with E-state index < -0.39 is 31.2 Å². The van der Waals surface area contributed by atoms with Crippen molar-refractivity contribution in [2.24, 2.45) is 4.99 Å². The average molecular weight is 232 g/mol. The summed E-state index contributed by atoms with van der Waals surface area (Å²) in [6, 6.07) is 0. The largest absolute Gasteiger partial charge is 0.461 e. The lowest BCUT2D eigenvalue weighted by atomic mass is 10.7. The average Bonchev–Trinajstić information content (AvgIpc) is 2.30. The standard InChI is InChI=1S/C3H2ClNO5S2/c4-12(8,9)3-5-2(1-10-3)11(6)7/h1H2. The number of ether oxygens (including phenoxy) is 1.